The first kappa shape index (κ1) is 20.0. The molecule has 0 fully saturated rings. The number of benzene rings is 2. The van der Waals surface area contributed by atoms with E-state index in [-0.39, 0.29) is 22.8 Å². The third kappa shape index (κ3) is 5.35. The number of sulfonamides is 1. The minimum atomic E-state index is -4.06. The Balaban J connectivity index is 2.34. The number of amides is 2. The molecule has 0 saturated heterocycles. The number of ether oxygens (including phenoxy) is 1. The van der Waals surface area contributed by atoms with Gasteiger partial charge in [-0.2, -0.15) is 0 Å². The fourth-order valence-corrected chi connectivity index (χ4v) is 3.55. The second kappa shape index (κ2) is 8.41. The number of rotatable bonds is 7. The van der Waals surface area contributed by atoms with Crippen LogP contribution < -0.4 is 20.1 Å². The number of hydrogen-bond acceptors (Lipinski definition) is 5. The molecule has 0 spiro atoms. The van der Waals surface area contributed by atoms with Gasteiger partial charge in [-0.15, -0.1) is 0 Å². The quantitative estimate of drug-likeness (QED) is 0.567. The number of nitrogens with one attached hydrogen (secondary N) is 3. The molecule has 2 amide bonds. The van der Waals surface area contributed by atoms with Gasteiger partial charge in [-0.25, -0.2) is 13.2 Å². The Hall–Kier alpha value is -3.27. The summed E-state index contributed by atoms with van der Waals surface area (Å²) in [6.45, 7) is 0. The Morgan fingerprint density at radius 2 is 1.81 bits per heavy atom. The van der Waals surface area contributed by atoms with Crippen molar-refractivity contribution in [2.45, 2.75) is 11.3 Å². The highest BCUT2D eigenvalue weighted by molar-refractivity contribution is 7.92. The normalized spacial score (nSPS) is 10.7. The van der Waals surface area contributed by atoms with E-state index < -0.39 is 22.0 Å². The van der Waals surface area contributed by atoms with E-state index in [0.717, 1.165) is 0 Å². The van der Waals surface area contributed by atoms with Crippen LogP contribution in [-0.2, 0) is 21.2 Å². The molecule has 144 valence electrons. The van der Waals surface area contributed by atoms with E-state index in [2.05, 4.69) is 15.4 Å². The zero-order chi connectivity index (χ0) is 20.0. The van der Waals surface area contributed by atoms with Gasteiger partial charge in [0, 0.05) is 12.7 Å². The fraction of sp³-hybridized carbons (Fsp3) is 0.176. The molecule has 0 aliphatic rings. The topological polar surface area (TPSA) is 134 Å². The number of hydrogen-bond donors (Lipinski definition) is 4. The molecule has 0 heterocycles. The summed E-state index contributed by atoms with van der Waals surface area (Å²) in [6, 6.07) is 9.82. The summed E-state index contributed by atoms with van der Waals surface area (Å²) in [5.41, 5.74) is 0.925. The molecule has 10 heteroatoms. The highest BCUT2D eigenvalue weighted by Gasteiger charge is 2.21. The Bertz CT molecular complexity index is 959. The highest BCUT2D eigenvalue weighted by atomic mass is 32.2. The van der Waals surface area contributed by atoms with Crippen LogP contribution in [0.5, 0.6) is 5.75 Å². The molecule has 0 radical (unpaired) electrons. The van der Waals surface area contributed by atoms with Gasteiger partial charge in [0.15, 0.2) is 0 Å². The molecule has 0 aromatic heterocycles. The van der Waals surface area contributed by atoms with Crippen molar-refractivity contribution in [1.29, 1.82) is 0 Å². The molecule has 2 aromatic rings. The second-order valence-corrected chi connectivity index (χ2v) is 7.10. The molecule has 27 heavy (non-hydrogen) atoms. The van der Waals surface area contributed by atoms with Crippen LogP contribution in [0.2, 0.25) is 0 Å². The number of carboxylic acids is 1. The molecule has 9 nitrogen and oxygen atoms in total. The lowest BCUT2D eigenvalue weighted by Gasteiger charge is -2.13. The van der Waals surface area contributed by atoms with E-state index in [1.807, 2.05) is 0 Å². The zero-order valence-corrected chi connectivity index (χ0v) is 15.5. The van der Waals surface area contributed by atoms with Crippen molar-refractivity contribution >= 4 is 33.4 Å². The number of carbonyl (C=O) groups excluding carboxylic acids is 1. The molecular weight excluding hydrogens is 374 g/mol. The van der Waals surface area contributed by atoms with Crippen LogP contribution in [0.1, 0.15) is 5.56 Å². The molecule has 0 unspecified atom stereocenters. The zero-order valence-electron chi connectivity index (χ0n) is 14.6. The van der Waals surface area contributed by atoms with Gasteiger partial charge >= 0.3 is 12.0 Å². The molecule has 0 bridgehead atoms. The first-order valence-electron chi connectivity index (χ1n) is 7.75. The van der Waals surface area contributed by atoms with Crippen LogP contribution in [0.15, 0.2) is 47.4 Å². The van der Waals surface area contributed by atoms with Gasteiger partial charge in [0.05, 0.1) is 19.2 Å². The lowest BCUT2D eigenvalue weighted by molar-refractivity contribution is -0.136. The average molecular weight is 393 g/mol. The van der Waals surface area contributed by atoms with Crippen molar-refractivity contribution in [3.8, 4) is 5.75 Å². The monoisotopic (exact) mass is 393 g/mol. The largest absolute Gasteiger partial charge is 0.495 e. The van der Waals surface area contributed by atoms with E-state index in [4.69, 9.17) is 9.84 Å². The summed E-state index contributed by atoms with van der Waals surface area (Å²) < 4.78 is 33.0. The maximum absolute atomic E-state index is 12.8. The number of methoxy groups -OCH3 is 1. The van der Waals surface area contributed by atoms with Crippen molar-refractivity contribution in [3.05, 3.63) is 48.0 Å². The van der Waals surface area contributed by atoms with Crippen molar-refractivity contribution < 1.29 is 27.9 Å². The van der Waals surface area contributed by atoms with E-state index in [1.54, 1.807) is 12.1 Å². The van der Waals surface area contributed by atoms with Gasteiger partial charge in [0.2, 0.25) is 0 Å². The third-order valence-electron chi connectivity index (χ3n) is 3.47. The summed E-state index contributed by atoms with van der Waals surface area (Å²) in [7, 11) is -1.29. The van der Waals surface area contributed by atoms with Crippen LogP contribution >= 0.6 is 0 Å². The SMILES string of the molecule is CNC(=O)Nc1cccc(NS(=O)(=O)c2cc(CC(=O)O)ccc2OC)c1. The van der Waals surface area contributed by atoms with Crippen LogP contribution in [0.3, 0.4) is 0 Å². The molecule has 0 saturated carbocycles. The number of anilines is 2. The molecule has 2 rings (SSSR count). The van der Waals surface area contributed by atoms with Gasteiger partial charge in [-0.3, -0.25) is 9.52 Å². The standard InChI is InChI=1S/C17H19N3O6S/c1-18-17(23)19-12-4-3-5-13(10-12)20-27(24,25)15-8-11(9-16(21)22)6-7-14(15)26-2/h3-8,10,20H,9H2,1-2H3,(H,21,22)(H2,18,19,23). The van der Waals surface area contributed by atoms with Crippen molar-refractivity contribution in [2.24, 2.45) is 0 Å². The number of aliphatic carboxylic acids is 1. The van der Waals surface area contributed by atoms with Crippen LogP contribution in [0.4, 0.5) is 16.2 Å². The molecule has 2 aromatic carbocycles. The molecule has 0 atom stereocenters. The van der Waals surface area contributed by atoms with Gasteiger partial charge in [-0.1, -0.05) is 12.1 Å². The lowest BCUT2D eigenvalue weighted by atomic mass is 10.1. The number of carbonyl (C=O) groups is 2. The Morgan fingerprint density at radius 1 is 1.11 bits per heavy atom. The van der Waals surface area contributed by atoms with Gasteiger partial charge in [0.1, 0.15) is 10.6 Å². The van der Waals surface area contributed by atoms with E-state index in [9.17, 15) is 18.0 Å². The first-order chi connectivity index (χ1) is 12.7. The highest BCUT2D eigenvalue weighted by Crippen LogP contribution is 2.28. The summed E-state index contributed by atoms with van der Waals surface area (Å²) in [5, 5.41) is 13.8. The summed E-state index contributed by atoms with van der Waals surface area (Å²) in [6.07, 6.45) is -0.321. The van der Waals surface area contributed by atoms with Crippen molar-refractivity contribution in [2.75, 3.05) is 24.2 Å². The maximum atomic E-state index is 12.8. The van der Waals surface area contributed by atoms with Crippen LogP contribution in [0.25, 0.3) is 0 Å². The van der Waals surface area contributed by atoms with Crippen LogP contribution in [0, 0.1) is 0 Å². The minimum Gasteiger partial charge on any atom is -0.495 e. The van der Waals surface area contributed by atoms with Crippen LogP contribution in [-0.4, -0.2) is 39.7 Å². The van der Waals surface area contributed by atoms with E-state index in [1.165, 1.54) is 44.5 Å². The third-order valence-corrected chi connectivity index (χ3v) is 4.88. The van der Waals surface area contributed by atoms with Crippen molar-refractivity contribution in [3.63, 3.8) is 0 Å². The Kier molecular flexibility index (Phi) is 6.24. The summed E-state index contributed by atoms with van der Waals surface area (Å²) >= 11 is 0. The predicted octanol–water partition coefficient (Wildman–Crippen LogP) is 1.87. The number of carboxylic acid groups (broad SMARTS) is 1. The second-order valence-electron chi connectivity index (χ2n) is 5.45. The van der Waals surface area contributed by atoms with Gasteiger partial charge < -0.3 is 20.5 Å². The fourth-order valence-electron chi connectivity index (χ4n) is 2.28. The average Bonchev–Trinajstić information content (AvgIpc) is 2.61. The molecule has 0 aliphatic carbocycles. The lowest BCUT2D eigenvalue weighted by Crippen LogP contribution is -2.24. The van der Waals surface area contributed by atoms with Gasteiger partial charge in [0.25, 0.3) is 10.0 Å². The minimum absolute atomic E-state index is 0.0799. The van der Waals surface area contributed by atoms with Gasteiger partial charge in [-0.05, 0) is 35.9 Å². The maximum Gasteiger partial charge on any atom is 0.318 e. The predicted molar refractivity (Wildman–Crippen MR) is 99.7 cm³/mol. The molecular formula is C17H19N3O6S. The molecule has 4 N–H and O–H groups in total. The number of urea groups is 1. The van der Waals surface area contributed by atoms with Crippen molar-refractivity contribution in [1.82, 2.24) is 5.32 Å². The Morgan fingerprint density at radius 3 is 2.44 bits per heavy atom. The Labute approximate surface area is 156 Å². The smallest absolute Gasteiger partial charge is 0.318 e. The first-order valence-corrected chi connectivity index (χ1v) is 9.24. The molecule has 0 aliphatic heterocycles. The van der Waals surface area contributed by atoms with E-state index >= 15 is 0 Å². The summed E-state index contributed by atoms with van der Waals surface area (Å²) in [5.74, 6) is -0.999. The summed E-state index contributed by atoms with van der Waals surface area (Å²) in [4.78, 5) is 22.1. The van der Waals surface area contributed by atoms with E-state index in [0.29, 0.717) is 11.3 Å².